The van der Waals surface area contributed by atoms with Crippen LogP contribution < -0.4 is 15.8 Å². The molecule has 0 unspecified atom stereocenters. The highest BCUT2D eigenvalue weighted by Gasteiger charge is 1.97. The van der Waals surface area contributed by atoms with Crippen LogP contribution in [0.1, 0.15) is 18.9 Å². The minimum absolute atomic E-state index is 0.454. The third kappa shape index (κ3) is 4.42. The summed E-state index contributed by atoms with van der Waals surface area (Å²) in [6, 6.07) is 9.93. The number of aromatic nitrogens is 2. The number of aryl methyl sites for hydroxylation is 1. The lowest BCUT2D eigenvalue weighted by molar-refractivity contribution is 0.332. The van der Waals surface area contributed by atoms with Crippen molar-refractivity contribution in [3.63, 3.8) is 0 Å². The van der Waals surface area contributed by atoms with Gasteiger partial charge in [-0.2, -0.15) is 0 Å². The molecule has 0 aliphatic carbocycles. The van der Waals surface area contributed by atoms with Gasteiger partial charge in [0.2, 0.25) is 0 Å². The molecule has 3 N–H and O–H groups in total. The van der Waals surface area contributed by atoms with Crippen LogP contribution in [0.5, 0.6) is 5.75 Å². The molecule has 0 atom stereocenters. The number of benzene rings is 1. The molecule has 0 radical (unpaired) electrons. The monoisotopic (exact) mass is 272 g/mol. The van der Waals surface area contributed by atoms with Gasteiger partial charge in [-0.1, -0.05) is 25.5 Å². The number of rotatable bonds is 7. The average Bonchev–Trinajstić information content (AvgIpc) is 2.46. The maximum Gasteiger partial charge on any atom is 0.131 e. The van der Waals surface area contributed by atoms with Crippen LogP contribution in [-0.4, -0.2) is 23.1 Å². The SMILES string of the molecule is CCCc1ccc(OCCNc2cc(N)ncn2)cc1. The van der Waals surface area contributed by atoms with E-state index in [0.29, 0.717) is 24.8 Å². The van der Waals surface area contributed by atoms with Gasteiger partial charge in [0.1, 0.15) is 30.3 Å². The molecule has 0 saturated carbocycles. The zero-order valence-corrected chi connectivity index (χ0v) is 11.7. The second-order valence-electron chi connectivity index (χ2n) is 4.50. The maximum absolute atomic E-state index is 5.65. The Bertz CT molecular complexity index is 528. The van der Waals surface area contributed by atoms with E-state index in [1.54, 1.807) is 6.07 Å². The zero-order valence-electron chi connectivity index (χ0n) is 11.7. The van der Waals surface area contributed by atoms with Crippen molar-refractivity contribution in [2.45, 2.75) is 19.8 Å². The highest BCUT2D eigenvalue weighted by molar-refractivity contribution is 5.43. The highest BCUT2D eigenvalue weighted by Crippen LogP contribution is 2.13. The fourth-order valence-electron chi connectivity index (χ4n) is 1.86. The van der Waals surface area contributed by atoms with Crippen molar-refractivity contribution < 1.29 is 4.74 Å². The molecule has 1 heterocycles. The molecule has 106 valence electrons. The summed E-state index contributed by atoms with van der Waals surface area (Å²) in [6.45, 7) is 3.40. The van der Waals surface area contributed by atoms with Crippen molar-refractivity contribution in [3.8, 4) is 5.75 Å². The second-order valence-corrected chi connectivity index (χ2v) is 4.50. The Morgan fingerprint density at radius 1 is 1.20 bits per heavy atom. The summed E-state index contributed by atoms with van der Waals surface area (Å²) in [7, 11) is 0. The molecule has 0 aliphatic heterocycles. The standard InChI is InChI=1S/C15H20N4O/c1-2-3-12-4-6-13(7-5-12)20-9-8-17-15-10-14(16)18-11-19-15/h4-7,10-11H,2-3,8-9H2,1H3,(H3,16,17,18,19). The number of ether oxygens (including phenoxy) is 1. The number of hydrogen-bond donors (Lipinski definition) is 2. The van der Waals surface area contributed by atoms with E-state index < -0.39 is 0 Å². The maximum atomic E-state index is 5.65. The molecule has 0 bridgehead atoms. The summed E-state index contributed by atoms with van der Waals surface area (Å²) in [5, 5.41) is 3.13. The van der Waals surface area contributed by atoms with Crippen LogP contribution in [0.4, 0.5) is 11.6 Å². The Kier molecular flexibility index (Phi) is 5.17. The quantitative estimate of drug-likeness (QED) is 0.758. The third-order valence-corrected chi connectivity index (χ3v) is 2.83. The van der Waals surface area contributed by atoms with Gasteiger partial charge < -0.3 is 15.8 Å². The van der Waals surface area contributed by atoms with Gasteiger partial charge in [-0.15, -0.1) is 0 Å². The minimum atomic E-state index is 0.454. The van der Waals surface area contributed by atoms with E-state index in [-0.39, 0.29) is 0 Å². The van der Waals surface area contributed by atoms with Gasteiger partial charge in [-0.3, -0.25) is 0 Å². The zero-order chi connectivity index (χ0) is 14.2. The predicted molar refractivity (Wildman–Crippen MR) is 80.9 cm³/mol. The molecule has 0 saturated heterocycles. The topological polar surface area (TPSA) is 73.1 Å². The fourth-order valence-corrected chi connectivity index (χ4v) is 1.86. The molecule has 0 spiro atoms. The normalized spacial score (nSPS) is 10.2. The van der Waals surface area contributed by atoms with E-state index in [0.717, 1.165) is 18.6 Å². The van der Waals surface area contributed by atoms with Gasteiger partial charge in [0.25, 0.3) is 0 Å². The average molecular weight is 272 g/mol. The molecule has 5 heteroatoms. The van der Waals surface area contributed by atoms with Crippen molar-refractivity contribution in [1.29, 1.82) is 0 Å². The molecule has 2 aromatic rings. The van der Waals surface area contributed by atoms with Gasteiger partial charge in [0.15, 0.2) is 0 Å². The van der Waals surface area contributed by atoms with E-state index >= 15 is 0 Å². The molecule has 1 aromatic carbocycles. The highest BCUT2D eigenvalue weighted by atomic mass is 16.5. The van der Waals surface area contributed by atoms with Gasteiger partial charge in [0, 0.05) is 6.07 Å². The van der Waals surface area contributed by atoms with E-state index in [1.165, 1.54) is 11.9 Å². The third-order valence-electron chi connectivity index (χ3n) is 2.83. The summed E-state index contributed by atoms with van der Waals surface area (Å²) >= 11 is 0. The number of nitrogens with two attached hydrogens (primary N) is 1. The number of nitrogen functional groups attached to an aromatic ring is 1. The van der Waals surface area contributed by atoms with Crippen molar-refractivity contribution in [3.05, 3.63) is 42.2 Å². The molecule has 5 nitrogen and oxygen atoms in total. The molecule has 2 rings (SSSR count). The molecular weight excluding hydrogens is 252 g/mol. The first-order chi connectivity index (χ1) is 9.78. The second kappa shape index (κ2) is 7.33. The summed E-state index contributed by atoms with van der Waals surface area (Å²) in [5.74, 6) is 2.04. The van der Waals surface area contributed by atoms with Gasteiger partial charge in [-0.05, 0) is 24.1 Å². The Morgan fingerprint density at radius 3 is 2.70 bits per heavy atom. The molecular formula is C15H20N4O. The molecule has 20 heavy (non-hydrogen) atoms. The first-order valence-corrected chi connectivity index (χ1v) is 6.81. The van der Waals surface area contributed by atoms with Crippen molar-refractivity contribution >= 4 is 11.6 Å². The first-order valence-electron chi connectivity index (χ1n) is 6.81. The van der Waals surface area contributed by atoms with E-state index in [2.05, 4.69) is 34.3 Å². The van der Waals surface area contributed by atoms with Crippen LogP contribution in [-0.2, 0) is 6.42 Å². The Hall–Kier alpha value is -2.30. The molecule has 0 amide bonds. The summed E-state index contributed by atoms with van der Waals surface area (Å²) in [5.41, 5.74) is 6.91. The molecule has 0 aliphatic rings. The molecule has 1 aromatic heterocycles. The number of hydrogen-bond acceptors (Lipinski definition) is 5. The van der Waals surface area contributed by atoms with Crippen molar-refractivity contribution in [2.75, 3.05) is 24.2 Å². The fraction of sp³-hybridized carbons (Fsp3) is 0.333. The lowest BCUT2D eigenvalue weighted by Crippen LogP contribution is -2.12. The Morgan fingerprint density at radius 2 is 2.00 bits per heavy atom. The van der Waals surface area contributed by atoms with Gasteiger partial charge in [-0.25, -0.2) is 9.97 Å². The number of anilines is 2. The largest absolute Gasteiger partial charge is 0.492 e. The van der Waals surface area contributed by atoms with E-state index in [9.17, 15) is 0 Å². The van der Waals surface area contributed by atoms with Gasteiger partial charge in [0.05, 0.1) is 6.54 Å². The van der Waals surface area contributed by atoms with Crippen LogP contribution in [0.15, 0.2) is 36.7 Å². The van der Waals surface area contributed by atoms with Crippen molar-refractivity contribution in [1.82, 2.24) is 9.97 Å². The van der Waals surface area contributed by atoms with Crippen LogP contribution in [0.2, 0.25) is 0 Å². The van der Waals surface area contributed by atoms with Crippen LogP contribution >= 0.6 is 0 Å². The number of nitrogens with one attached hydrogen (secondary N) is 1. The Balaban J connectivity index is 1.73. The Labute approximate surface area is 119 Å². The lowest BCUT2D eigenvalue weighted by Gasteiger charge is -2.08. The summed E-state index contributed by atoms with van der Waals surface area (Å²) in [6.07, 6.45) is 3.70. The first kappa shape index (κ1) is 14.1. The van der Waals surface area contributed by atoms with E-state index in [1.807, 2.05) is 12.1 Å². The number of nitrogens with zero attached hydrogens (tertiary/aromatic N) is 2. The van der Waals surface area contributed by atoms with Crippen molar-refractivity contribution in [2.24, 2.45) is 0 Å². The minimum Gasteiger partial charge on any atom is -0.492 e. The molecule has 0 fully saturated rings. The van der Waals surface area contributed by atoms with E-state index in [4.69, 9.17) is 10.5 Å². The summed E-state index contributed by atoms with van der Waals surface area (Å²) in [4.78, 5) is 7.89. The predicted octanol–water partition coefficient (Wildman–Crippen LogP) is 2.50. The lowest BCUT2D eigenvalue weighted by atomic mass is 10.1. The summed E-state index contributed by atoms with van der Waals surface area (Å²) < 4.78 is 5.65. The van der Waals surface area contributed by atoms with Crippen LogP contribution in [0.25, 0.3) is 0 Å². The van der Waals surface area contributed by atoms with Crippen LogP contribution in [0.3, 0.4) is 0 Å². The smallest absolute Gasteiger partial charge is 0.131 e. The van der Waals surface area contributed by atoms with Gasteiger partial charge >= 0.3 is 0 Å². The van der Waals surface area contributed by atoms with Crippen LogP contribution in [0, 0.1) is 0 Å².